The average Bonchev–Trinajstić information content (AvgIpc) is 2.42. The maximum atomic E-state index is 12.9. The fourth-order valence-corrected chi connectivity index (χ4v) is 10.4. The molecule has 0 fully saturated rings. The van der Waals surface area contributed by atoms with E-state index >= 15 is 0 Å². The predicted octanol–water partition coefficient (Wildman–Crippen LogP) is 3.48. The van der Waals surface area contributed by atoms with E-state index in [1.54, 1.807) is 55.4 Å². The van der Waals surface area contributed by atoms with Gasteiger partial charge in [-0.25, -0.2) is 0 Å². The number of hydrogen-bond donors (Lipinski definition) is 0. The molecule has 9 heteroatoms. The van der Waals surface area contributed by atoms with Gasteiger partial charge in [-0.3, -0.25) is 0 Å². The van der Waals surface area contributed by atoms with Crippen LogP contribution >= 0.6 is 0 Å². The Morgan fingerprint density at radius 2 is 0.966 bits per heavy atom. The molecule has 0 aromatic heterocycles. The zero-order chi connectivity index (χ0) is 23.2. The number of esters is 2. The molecule has 0 N–H and O–H groups in total. The first-order valence-corrected chi connectivity index (χ1v) is 12.8. The van der Waals surface area contributed by atoms with Gasteiger partial charge in [0.05, 0.1) is 0 Å². The minimum atomic E-state index is -5.02. The maximum absolute atomic E-state index is 12.9. The SMILES string of the molecule is CCOC(=O)[CH](C(C)=O)[Ti]([O]C(C)(C)C)([O]C(C)(C)C)[CH](C(C)=O)C(=O)OCC. The summed E-state index contributed by atoms with van der Waals surface area (Å²) in [4.78, 5) is 51.2. The topological polar surface area (TPSA) is 105 Å². The monoisotopic (exact) mass is 452 g/mol. The molecular weight excluding hydrogens is 416 g/mol. The van der Waals surface area contributed by atoms with Crippen LogP contribution in [0.3, 0.4) is 0 Å². The van der Waals surface area contributed by atoms with Crippen LogP contribution in [0.2, 0.25) is 8.45 Å². The van der Waals surface area contributed by atoms with E-state index in [2.05, 4.69) is 0 Å². The van der Waals surface area contributed by atoms with Crippen LogP contribution < -0.4 is 0 Å². The van der Waals surface area contributed by atoms with Crippen LogP contribution in [0, 0.1) is 0 Å². The molecule has 2 atom stereocenters. The van der Waals surface area contributed by atoms with E-state index in [9.17, 15) is 19.2 Å². The molecular formula is C20H36O8Ti. The molecule has 2 unspecified atom stereocenters. The van der Waals surface area contributed by atoms with Crippen LogP contribution in [0.15, 0.2) is 0 Å². The molecule has 0 aromatic carbocycles. The summed E-state index contributed by atoms with van der Waals surface area (Å²) in [6, 6.07) is 0. The van der Waals surface area contributed by atoms with Crippen LogP contribution in [-0.2, 0) is 52.7 Å². The van der Waals surface area contributed by atoms with Gasteiger partial charge < -0.3 is 0 Å². The summed E-state index contributed by atoms with van der Waals surface area (Å²) in [5.74, 6) is -2.87. The van der Waals surface area contributed by atoms with Gasteiger partial charge in [0, 0.05) is 0 Å². The number of ether oxygens (including phenoxy) is 2. The molecule has 29 heavy (non-hydrogen) atoms. The molecule has 0 spiro atoms. The zero-order valence-electron chi connectivity index (χ0n) is 19.3. The van der Waals surface area contributed by atoms with Gasteiger partial charge in [-0.15, -0.1) is 0 Å². The number of carbonyl (C=O) groups is 4. The number of hydrogen-bond acceptors (Lipinski definition) is 8. The third-order valence-electron chi connectivity index (χ3n) is 3.59. The Morgan fingerprint density at radius 1 is 0.690 bits per heavy atom. The minimum absolute atomic E-state index is 0.0239. The Kier molecular flexibility index (Phi) is 10.4. The van der Waals surface area contributed by atoms with Crippen LogP contribution in [0.25, 0.3) is 0 Å². The Labute approximate surface area is 178 Å². The predicted molar refractivity (Wildman–Crippen MR) is 104 cm³/mol. The van der Waals surface area contributed by atoms with Crippen molar-refractivity contribution in [2.75, 3.05) is 13.2 Å². The molecule has 0 aliphatic carbocycles. The number of ketones is 2. The number of Topliss-reactive ketones (excluding diaryl/α,β-unsaturated/α-hetero) is 2. The van der Waals surface area contributed by atoms with E-state index in [1.807, 2.05) is 0 Å². The normalized spacial score (nSPS) is 14.7. The van der Waals surface area contributed by atoms with Crippen LogP contribution in [-0.4, -0.2) is 47.9 Å². The first-order valence-electron chi connectivity index (χ1n) is 9.76. The van der Waals surface area contributed by atoms with Gasteiger partial charge in [-0.05, 0) is 0 Å². The van der Waals surface area contributed by atoms with E-state index in [1.165, 1.54) is 13.8 Å². The van der Waals surface area contributed by atoms with Crippen LogP contribution in [0.1, 0.15) is 69.2 Å². The second-order valence-corrected chi connectivity index (χ2v) is 13.4. The van der Waals surface area contributed by atoms with Crippen molar-refractivity contribution in [3.63, 3.8) is 0 Å². The van der Waals surface area contributed by atoms with Crippen molar-refractivity contribution in [2.24, 2.45) is 0 Å². The molecule has 0 aliphatic rings. The van der Waals surface area contributed by atoms with E-state index in [-0.39, 0.29) is 13.2 Å². The van der Waals surface area contributed by atoms with Gasteiger partial charge in [0.25, 0.3) is 0 Å². The first kappa shape index (κ1) is 27.9. The Bertz CT molecular complexity index is 561. The molecule has 0 radical (unpaired) electrons. The molecule has 0 heterocycles. The molecule has 0 aromatic rings. The van der Waals surface area contributed by atoms with Crippen molar-refractivity contribution in [1.29, 1.82) is 0 Å². The van der Waals surface area contributed by atoms with Gasteiger partial charge in [-0.2, -0.15) is 0 Å². The van der Waals surface area contributed by atoms with E-state index in [0.717, 1.165) is 0 Å². The van der Waals surface area contributed by atoms with Crippen LogP contribution in [0.5, 0.6) is 0 Å². The summed E-state index contributed by atoms with van der Waals surface area (Å²) in [5.41, 5.74) is -1.82. The van der Waals surface area contributed by atoms with E-state index < -0.39 is 60.5 Å². The summed E-state index contributed by atoms with van der Waals surface area (Å²) in [6.45, 7) is 15.9. The Hall–Kier alpha value is -1.09. The second kappa shape index (κ2) is 10.8. The van der Waals surface area contributed by atoms with Crippen molar-refractivity contribution < 1.29 is 52.7 Å². The molecule has 168 valence electrons. The summed E-state index contributed by atoms with van der Waals surface area (Å²) < 4.78 is 19.9. The second-order valence-electron chi connectivity index (χ2n) is 8.74. The van der Waals surface area contributed by atoms with Gasteiger partial charge in [0.15, 0.2) is 0 Å². The number of rotatable bonds is 10. The van der Waals surface area contributed by atoms with Gasteiger partial charge in [0.1, 0.15) is 0 Å². The van der Waals surface area contributed by atoms with Gasteiger partial charge in [-0.1, -0.05) is 0 Å². The van der Waals surface area contributed by atoms with Crippen molar-refractivity contribution in [1.82, 2.24) is 0 Å². The fourth-order valence-electron chi connectivity index (χ4n) is 3.06. The summed E-state index contributed by atoms with van der Waals surface area (Å²) >= 11 is -5.02. The molecule has 8 nitrogen and oxygen atoms in total. The average molecular weight is 452 g/mol. The Morgan fingerprint density at radius 3 is 1.14 bits per heavy atom. The summed E-state index contributed by atoms with van der Waals surface area (Å²) in [7, 11) is 0. The van der Waals surface area contributed by atoms with E-state index in [4.69, 9.17) is 16.1 Å². The van der Waals surface area contributed by atoms with Crippen molar-refractivity contribution in [2.45, 2.75) is 88.9 Å². The van der Waals surface area contributed by atoms with Crippen molar-refractivity contribution in [3.8, 4) is 0 Å². The fraction of sp³-hybridized carbons (Fsp3) is 0.800. The Balaban J connectivity index is 7.12. The molecule has 0 saturated carbocycles. The van der Waals surface area contributed by atoms with Crippen molar-refractivity contribution in [3.05, 3.63) is 0 Å². The molecule has 0 bridgehead atoms. The van der Waals surface area contributed by atoms with Gasteiger partial charge >= 0.3 is 178 Å². The first-order chi connectivity index (χ1) is 13.0. The third-order valence-corrected chi connectivity index (χ3v) is 11.0. The molecule has 0 amide bonds. The number of carbonyl (C=O) groups excluding carboxylic acids is 4. The summed E-state index contributed by atoms with van der Waals surface area (Å²) in [6.07, 6.45) is 0. The standard InChI is InChI=1S/2C6H9O3.2C4H9O.Ti/c2*1-3-9-6(8)4-5(2)7;2*1-4(2,3)5;/h2*4H,3H2,1-2H3;2*1-3H3;/q;;2*-1;+2. The van der Waals surface area contributed by atoms with Crippen molar-refractivity contribution >= 4 is 23.5 Å². The van der Waals surface area contributed by atoms with E-state index in [0.29, 0.717) is 0 Å². The molecule has 0 saturated heterocycles. The quantitative estimate of drug-likeness (QED) is 0.282. The summed E-state index contributed by atoms with van der Waals surface area (Å²) in [5, 5.41) is 0. The van der Waals surface area contributed by atoms with Crippen LogP contribution in [0.4, 0.5) is 0 Å². The zero-order valence-corrected chi connectivity index (χ0v) is 20.9. The van der Waals surface area contributed by atoms with Gasteiger partial charge in [0.2, 0.25) is 0 Å². The molecule has 0 rings (SSSR count). The third kappa shape index (κ3) is 8.28. The molecule has 0 aliphatic heterocycles.